The Morgan fingerprint density at radius 3 is 2.26 bits per heavy atom. The minimum atomic E-state index is -0.966. The number of nitrogen functional groups attached to an aromatic ring is 1. The van der Waals surface area contributed by atoms with Gasteiger partial charge in [-0.1, -0.05) is 33.8 Å². The van der Waals surface area contributed by atoms with Gasteiger partial charge in [0.25, 0.3) is 0 Å². The molecule has 0 aliphatic rings. The topological polar surface area (TPSA) is 63.3 Å². The van der Waals surface area contributed by atoms with Crippen molar-refractivity contribution >= 4 is 11.7 Å². The second kappa shape index (κ2) is 6.09. The largest absolute Gasteiger partial charge is 0.478 e. The fourth-order valence-corrected chi connectivity index (χ4v) is 2.93. The van der Waals surface area contributed by atoms with Crippen LogP contribution < -0.4 is 5.73 Å². The van der Waals surface area contributed by atoms with Crippen LogP contribution in [0.4, 0.5) is 5.69 Å². The predicted octanol–water partition coefficient (Wildman–Crippen LogP) is 4.07. The number of anilines is 1. The van der Waals surface area contributed by atoms with Gasteiger partial charge in [0.05, 0.1) is 5.56 Å². The maximum absolute atomic E-state index is 11.0. The van der Waals surface area contributed by atoms with Gasteiger partial charge in [0.15, 0.2) is 0 Å². The first-order valence-electron chi connectivity index (χ1n) is 6.99. The molecule has 0 aliphatic heterocycles. The molecule has 0 aromatic heterocycles. The van der Waals surface area contributed by atoms with Gasteiger partial charge in [-0.3, -0.25) is 0 Å². The Balaban J connectivity index is 3.24. The number of hydrogen-bond acceptors (Lipinski definition) is 2. The molecule has 0 bridgehead atoms. The average molecular weight is 263 g/mol. The molecule has 3 heteroatoms. The van der Waals surface area contributed by atoms with Gasteiger partial charge in [0, 0.05) is 5.69 Å². The number of carboxylic acids is 1. The molecule has 0 spiro atoms. The molecule has 0 aliphatic carbocycles. The van der Waals surface area contributed by atoms with Crippen molar-refractivity contribution in [3.63, 3.8) is 0 Å². The summed E-state index contributed by atoms with van der Waals surface area (Å²) >= 11 is 0. The van der Waals surface area contributed by atoms with Crippen molar-refractivity contribution < 1.29 is 9.90 Å². The third-order valence-electron chi connectivity index (χ3n) is 4.05. The van der Waals surface area contributed by atoms with E-state index < -0.39 is 5.97 Å². The van der Waals surface area contributed by atoms with E-state index >= 15 is 0 Å². The lowest BCUT2D eigenvalue weighted by molar-refractivity contribution is 0.0698. The van der Waals surface area contributed by atoms with E-state index in [0.29, 0.717) is 11.6 Å². The molecular weight excluding hydrogens is 238 g/mol. The maximum Gasteiger partial charge on any atom is 0.337 e. The van der Waals surface area contributed by atoms with Gasteiger partial charge in [0.2, 0.25) is 0 Å². The van der Waals surface area contributed by atoms with Crippen LogP contribution in [-0.4, -0.2) is 11.1 Å². The van der Waals surface area contributed by atoms with Crippen LogP contribution in [0.3, 0.4) is 0 Å². The Labute approximate surface area is 115 Å². The molecule has 106 valence electrons. The zero-order valence-electron chi connectivity index (χ0n) is 12.4. The normalized spacial score (nSPS) is 11.8. The van der Waals surface area contributed by atoms with Crippen molar-refractivity contribution in [2.24, 2.45) is 5.92 Å². The Morgan fingerprint density at radius 1 is 1.32 bits per heavy atom. The number of aromatic carboxylic acids is 1. The number of hydrogen-bond donors (Lipinski definition) is 2. The lowest BCUT2D eigenvalue weighted by Gasteiger charge is -2.34. The van der Waals surface area contributed by atoms with Gasteiger partial charge < -0.3 is 10.8 Å². The summed E-state index contributed by atoms with van der Waals surface area (Å²) in [4.78, 5) is 11.0. The van der Waals surface area contributed by atoms with E-state index in [1.54, 1.807) is 6.07 Å². The van der Waals surface area contributed by atoms with Crippen LogP contribution in [0.1, 0.15) is 62.9 Å². The van der Waals surface area contributed by atoms with Crippen molar-refractivity contribution in [2.75, 3.05) is 5.73 Å². The number of benzene rings is 1. The number of carboxylic acid groups (broad SMARTS) is 1. The zero-order chi connectivity index (χ0) is 14.6. The first-order valence-corrected chi connectivity index (χ1v) is 6.99. The van der Waals surface area contributed by atoms with Crippen molar-refractivity contribution in [3.8, 4) is 0 Å². The Bertz CT molecular complexity index is 448. The molecule has 0 saturated carbocycles. The standard InChI is InChI=1S/C16H25NO2/c1-5-16(6-2,10-11(3)4)12-7-8-13(15(18)19)14(17)9-12/h7-9,11H,5-6,10,17H2,1-4H3,(H,18,19). The van der Waals surface area contributed by atoms with Gasteiger partial charge in [-0.25, -0.2) is 4.79 Å². The Kier molecular flexibility index (Phi) is 4.98. The lowest BCUT2D eigenvalue weighted by atomic mass is 9.70. The molecule has 3 N–H and O–H groups in total. The monoisotopic (exact) mass is 263 g/mol. The van der Waals surface area contributed by atoms with Crippen LogP contribution in [0.5, 0.6) is 0 Å². The first-order chi connectivity index (χ1) is 8.86. The van der Waals surface area contributed by atoms with E-state index in [4.69, 9.17) is 10.8 Å². The molecule has 0 amide bonds. The molecule has 0 atom stereocenters. The maximum atomic E-state index is 11.0. The molecule has 0 radical (unpaired) electrons. The quantitative estimate of drug-likeness (QED) is 0.760. The van der Waals surface area contributed by atoms with Gasteiger partial charge in [-0.15, -0.1) is 0 Å². The minimum absolute atomic E-state index is 0.0965. The predicted molar refractivity (Wildman–Crippen MR) is 79.5 cm³/mol. The summed E-state index contributed by atoms with van der Waals surface area (Å²) in [6.45, 7) is 8.81. The fourth-order valence-electron chi connectivity index (χ4n) is 2.93. The minimum Gasteiger partial charge on any atom is -0.478 e. The highest BCUT2D eigenvalue weighted by Gasteiger charge is 2.30. The molecule has 1 rings (SSSR count). The summed E-state index contributed by atoms with van der Waals surface area (Å²) in [5, 5.41) is 9.04. The number of nitrogens with two attached hydrogens (primary N) is 1. The molecule has 0 saturated heterocycles. The summed E-state index contributed by atoms with van der Waals surface area (Å²) in [5.41, 5.74) is 7.69. The van der Waals surface area contributed by atoms with E-state index in [2.05, 4.69) is 27.7 Å². The van der Waals surface area contributed by atoms with Crippen LogP contribution >= 0.6 is 0 Å². The van der Waals surface area contributed by atoms with Crippen molar-refractivity contribution in [3.05, 3.63) is 29.3 Å². The Morgan fingerprint density at radius 2 is 1.89 bits per heavy atom. The molecule has 0 heterocycles. The van der Waals surface area contributed by atoms with Gasteiger partial charge in [0.1, 0.15) is 0 Å². The first kappa shape index (κ1) is 15.5. The smallest absolute Gasteiger partial charge is 0.337 e. The number of carbonyl (C=O) groups is 1. The molecule has 19 heavy (non-hydrogen) atoms. The van der Waals surface area contributed by atoms with Gasteiger partial charge in [-0.05, 0) is 48.3 Å². The van der Waals surface area contributed by atoms with E-state index in [9.17, 15) is 4.79 Å². The second-order valence-corrected chi connectivity index (χ2v) is 5.69. The summed E-state index contributed by atoms with van der Waals surface area (Å²) in [6.07, 6.45) is 3.16. The molecule has 0 unspecified atom stereocenters. The fraction of sp³-hybridized carbons (Fsp3) is 0.562. The van der Waals surface area contributed by atoms with E-state index in [1.807, 2.05) is 12.1 Å². The molecule has 3 nitrogen and oxygen atoms in total. The molecule has 1 aromatic rings. The highest BCUT2D eigenvalue weighted by Crippen LogP contribution is 2.38. The molecule has 0 fully saturated rings. The van der Waals surface area contributed by atoms with Gasteiger partial charge >= 0.3 is 5.97 Å². The Hall–Kier alpha value is -1.51. The van der Waals surface area contributed by atoms with Crippen LogP contribution in [0, 0.1) is 5.92 Å². The summed E-state index contributed by atoms with van der Waals surface area (Å²) < 4.78 is 0. The van der Waals surface area contributed by atoms with Crippen molar-refractivity contribution in [2.45, 2.75) is 52.4 Å². The van der Waals surface area contributed by atoms with E-state index in [1.165, 1.54) is 0 Å². The lowest BCUT2D eigenvalue weighted by Crippen LogP contribution is -2.27. The summed E-state index contributed by atoms with van der Waals surface area (Å²) in [6, 6.07) is 5.40. The third kappa shape index (κ3) is 3.28. The van der Waals surface area contributed by atoms with E-state index in [-0.39, 0.29) is 11.0 Å². The molecule has 1 aromatic carbocycles. The number of rotatable bonds is 6. The van der Waals surface area contributed by atoms with Crippen molar-refractivity contribution in [1.82, 2.24) is 0 Å². The van der Waals surface area contributed by atoms with Crippen LogP contribution in [0.15, 0.2) is 18.2 Å². The highest BCUT2D eigenvalue weighted by atomic mass is 16.4. The van der Waals surface area contributed by atoms with E-state index in [0.717, 1.165) is 24.8 Å². The van der Waals surface area contributed by atoms with Crippen LogP contribution in [0.2, 0.25) is 0 Å². The SMILES string of the molecule is CCC(CC)(CC(C)C)c1ccc(C(=O)O)c(N)c1. The summed E-state index contributed by atoms with van der Waals surface area (Å²) in [7, 11) is 0. The molecular formula is C16H25NO2. The summed E-state index contributed by atoms with van der Waals surface area (Å²) in [5.74, 6) is -0.369. The van der Waals surface area contributed by atoms with Gasteiger partial charge in [-0.2, -0.15) is 0 Å². The second-order valence-electron chi connectivity index (χ2n) is 5.69. The highest BCUT2D eigenvalue weighted by molar-refractivity contribution is 5.93. The third-order valence-corrected chi connectivity index (χ3v) is 4.05. The van der Waals surface area contributed by atoms with Crippen LogP contribution in [0.25, 0.3) is 0 Å². The van der Waals surface area contributed by atoms with Crippen LogP contribution in [-0.2, 0) is 5.41 Å². The zero-order valence-corrected chi connectivity index (χ0v) is 12.4. The van der Waals surface area contributed by atoms with Crippen molar-refractivity contribution in [1.29, 1.82) is 0 Å². The average Bonchev–Trinajstić information content (AvgIpc) is 2.35.